The molecule has 0 aliphatic carbocycles. The topological polar surface area (TPSA) is 135 Å². The molecule has 10 nitrogen and oxygen atoms in total. The Hall–Kier alpha value is -2.65. The van der Waals surface area contributed by atoms with E-state index in [-0.39, 0.29) is 35.9 Å². The van der Waals surface area contributed by atoms with E-state index in [0.717, 1.165) is 31.5 Å². The predicted octanol–water partition coefficient (Wildman–Crippen LogP) is 3.16. The van der Waals surface area contributed by atoms with Crippen molar-refractivity contribution in [1.82, 2.24) is 15.1 Å². The fourth-order valence-electron chi connectivity index (χ4n) is 6.20. The van der Waals surface area contributed by atoms with Crippen LogP contribution in [0.25, 0.3) is 0 Å². The first-order chi connectivity index (χ1) is 19.8. The van der Waals surface area contributed by atoms with Gasteiger partial charge in [-0.3, -0.25) is 9.69 Å². The van der Waals surface area contributed by atoms with E-state index in [1.165, 1.54) is 0 Å². The van der Waals surface area contributed by atoms with E-state index in [9.17, 15) is 24.9 Å². The molecule has 2 aliphatic heterocycles. The number of carbonyl (C=O) groups excluding carboxylic acids is 2. The van der Waals surface area contributed by atoms with E-state index in [0.29, 0.717) is 32.4 Å². The van der Waals surface area contributed by atoms with Gasteiger partial charge in [0.15, 0.2) is 0 Å². The van der Waals surface area contributed by atoms with E-state index in [4.69, 9.17) is 9.47 Å². The molecule has 0 aromatic heterocycles. The Morgan fingerprint density at radius 3 is 2.57 bits per heavy atom. The molecule has 0 spiro atoms. The molecule has 0 radical (unpaired) electrons. The average Bonchev–Trinajstić information content (AvgIpc) is 3.17. The summed E-state index contributed by atoms with van der Waals surface area (Å²) in [4.78, 5) is 30.7. The van der Waals surface area contributed by atoms with Gasteiger partial charge in [-0.05, 0) is 71.3 Å². The Morgan fingerprint density at radius 1 is 1.24 bits per heavy atom. The van der Waals surface area contributed by atoms with Gasteiger partial charge in [-0.15, -0.1) is 0 Å². The molecule has 4 atom stereocenters. The van der Waals surface area contributed by atoms with Crippen LogP contribution >= 0.6 is 0 Å². The minimum Gasteiger partial charge on any atom is -0.444 e. The number of hydrogen-bond donors (Lipinski definition) is 3. The maximum atomic E-state index is 13.8. The van der Waals surface area contributed by atoms with Crippen LogP contribution in [0.3, 0.4) is 0 Å². The molecule has 2 saturated heterocycles. The van der Waals surface area contributed by atoms with Crippen LogP contribution in [0.5, 0.6) is 0 Å². The van der Waals surface area contributed by atoms with Crippen molar-refractivity contribution in [3.05, 3.63) is 35.9 Å². The standard InChI is InChI=1S/C31H49BN4O6/c1-6-24(19-30(2,3)36-16-17-41-31(4,5)22-36)26(20-33)28(37)35-15-11-10-14-25(21-35)42-29(38)34-27(32(39)40)18-23-12-8-7-9-13-23/h7-9,12-13,24-27,39-40H,6,10-11,14-19,21-22H2,1-5H3,(H,34,38)/t24?,25-,26?,27+/m1/s1. The molecule has 1 aromatic rings. The number of hydrogen-bond acceptors (Lipinski definition) is 8. The normalized spacial score (nSPS) is 21.8. The number of amides is 2. The highest BCUT2D eigenvalue weighted by Gasteiger charge is 2.41. The van der Waals surface area contributed by atoms with Crippen LogP contribution < -0.4 is 5.32 Å². The number of benzene rings is 1. The molecule has 2 aliphatic rings. The van der Waals surface area contributed by atoms with E-state index in [2.05, 4.69) is 44.0 Å². The lowest BCUT2D eigenvalue weighted by atomic mass is 9.76. The van der Waals surface area contributed by atoms with Crippen molar-refractivity contribution in [3.8, 4) is 6.07 Å². The summed E-state index contributed by atoms with van der Waals surface area (Å²) in [7, 11) is -1.76. The second-order valence-corrected chi connectivity index (χ2v) is 13.0. The van der Waals surface area contributed by atoms with Crippen LogP contribution in [-0.2, 0) is 20.7 Å². The first kappa shape index (κ1) is 33.9. The van der Waals surface area contributed by atoms with Gasteiger partial charge < -0.3 is 29.7 Å². The van der Waals surface area contributed by atoms with Gasteiger partial charge in [0, 0.05) is 25.2 Å². The highest BCUT2D eigenvalue weighted by atomic mass is 16.6. The number of likely N-dealkylation sites (tertiary alicyclic amines) is 1. The number of nitrogens with one attached hydrogen (secondary N) is 1. The van der Waals surface area contributed by atoms with Crippen LogP contribution in [0.2, 0.25) is 0 Å². The van der Waals surface area contributed by atoms with Gasteiger partial charge in [0.05, 0.1) is 30.8 Å². The van der Waals surface area contributed by atoms with Crippen molar-refractivity contribution in [2.75, 3.05) is 32.8 Å². The number of rotatable bonds is 11. The number of carbonyl (C=O) groups is 2. The molecular weight excluding hydrogens is 535 g/mol. The SMILES string of the molecule is CCC(CC(C)(C)N1CCOC(C)(C)C1)C(C#N)C(=O)N1CCCC[C@@H](OC(=O)N[C@@H](Cc2ccccc2)B(O)O)C1. The fourth-order valence-corrected chi connectivity index (χ4v) is 6.20. The summed E-state index contributed by atoms with van der Waals surface area (Å²) in [5.74, 6) is -2.09. The van der Waals surface area contributed by atoms with Crippen LogP contribution in [0.15, 0.2) is 30.3 Å². The second-order valence-electron chi connectivity index (χ2n) is 13.0. The van der Waals surface area contributed by atoms with Gasteiger partial charge in [-0.1, -0.05) is 43.7 Å². The summed E-state index contributed by atoms with van der Waals surface area (Å²) in [5, 5.41) is 32.4. The number of nitriles is 1. The van der Waals surface area contributed by atoms with Gasteiger partial charge >= 0.3 is 13.2 Å². The largest absolute Gasteiger partial charge is 0.475 e. The zero-order chi connectivity index (χ0) is 30.9. The van der Waals surface area contributed by atoms with Gasteiger partial charge in [0.25, 0.3) is 0 Å². The Kier molecular flexibility index (Phi) is 12.2. The molecule has 0 saturated carbocycles. The lowest BCUT2D eigenvalue weighted by Gasteiger charge is -2.48. The third-order valence-corrected chi connectivity index (χ3v) is 8.62. The van der Waals surface area contributed by atoms with Gasteiger partial charge in [0.1, 0.15) is 12.0 Å². The molecule has 3 N–H and O–H groups in total. The third kappa shape index (κ3) is 9.70. The summed E-state index contributed by atoms with van der Waals surface area (Å²) in [5.41, 5.74) is 0.384. The summed E-state index contributed by atoms with van der Waals surface area (Å²) < 4.78 is 11.6. The number of ether oxygens (including phenoxy) is 2. The predicted molar refractivity (Wildman–Crippen MR) is 161 cm³/mol. The van der Waals surface area contributed by atoms with E-state index >= 15 is 0 Å². The first-order valence-corrected chi connectivity index (χ1v) is 15.3. The molecule has 2 heterocycles. The van der Waals surface area contributed by atoms with Crippen molar-refractivity contribution in [1.29, 1.82) is 5.26 Å². The summed E-state index contributed by atoms with van der Waals surface area (Å²) >= 11 is 0. The highest BCUT2D eigenvalue weighted by Crippen LogP contribution is 2.34. The van der Waals surface area contributed by atoms with Crippen molar-refractivity contribution < 1.29 is 29.1 Å². The lowest BCUT2D eigenvalue weighted by Crippen LogP contribution is -2.57. The minimum absolute atomic E-state index is 0.126. The lowest BCUT2D eigenvalue weighted by molar-refractivity contribution is -0.138. The molecule has 3 rings (SSSR count). The zero-order valence-electron chi connectivity index (χ0n) is 25.9. The number of morpholine rings is 1. The molecule has 0 bridgehead atoms. The van der Waals surface area contributed by atoms with Crippen molar-refractivity contribution in [3.63, 3.8) is 0 Å². The zero-order valence-corrected chi connectivity index (χ0v) is 25.9. The Morgan fingerprint density at radius 2 is 1.95 bits per heavy atom. The second kappa shape index (κ2) is 15.2. The molecule has 2 unspecified atom stereocenters. The van der Waals surface area contributed by atoms with Crippen LogP contribution in [0, 0.1) is 23.2 Å². The first-order valence-electron chi connectivity index (χ1n) is 15.3. The molecule has 2 fully saturated rings. The summed E-state index contributed by atoms with van der Waals surface area (Å²) in [6.07, 6.45) is 2.40. The average molecular weight is 585 g/mol. The molecule has 2 amide bonds. The summed E-state index contributed by atoms with van der Waals surface area (Å²) in [6, 6.07) is 11.5. The van der Waals surface area contributed by atoms with Crippen molar-refractivity contribution in [2.24, 2.45) is 11.8 Å². The monoisotopic (exact) mass is 584 g/mol. The van der Waals surface area contributed by atoms with Crippen LogP contribution in [-0.4, -0.2) is 94.9 Å². The van der Waals surface area contributed by atoms with Crippen molar-refractivity contribution >= 4 is 19.1 Å². The fraction of sp³-hybridized carbons (Fsp3) is 0.710. The third-order valence-electron chi connectivity index (χ3n) is 8.62. The molecule has 232 valence electrons. The number of alkyl carbamates (subject to hydrolysis) is 1. The van der Waals surface area contributed by atoms with Gasteiger partial charge in [-0.2, -0.15) is 5.26 Å². The van der Waals surface area contributed by atoms with Crippen LogP contribution in [0.1, 0.15) is 72.3 Å². The quantitative estimate of drug-likeness (QED) is 0.338. The molecular formula is C31H49BN4O6. The molecule has 11 heteroatoms. The maximum absolute atomic E-state index is 13.8. The van der Waals surface area contributed by atoms with E-state index in [1.54, 1.807) is 4.90 Å². The Bertz CT molecular complexity index is 1060. The van der Waals surface area contributed by atoms with Crippen LogP contribution in [0.4, 0.5) is 4.79 Å². The molecule has 1 aromatic carbocycles. The molecule has 42 heavy (non-hydrogen) atoms. The summed E-state index contributed by atoms with van der Waals surface area (Å²) in [6.45, 7) is 13.5. The van der Waals surface area contributed by atoms with Gasteiger partial charge in [-0.25, -0.2) is 4.79 Å². The minimum atomic E-state index is -1.76. The van der Waals surface area contributed by atoms with Gasteiger partial charge in [0.2, 0.25) is 5.91 Å². The Labute approximate surface area is 251 Å². The van der Waals surface area contributed by atoms with E-state index in [1.807, 2.05) is 37.3 Å². The maximum Gasteiger partial charge on any atom is 0.475 e. The smallest absolute Gasteiger partial charge is 0.444 e. The highest BCUT2D eigenvalue weighted by molar-refractivity contribution is 6.43. The van der Waals surface area contributed by atoms with Crippen molar-refractivity contribution in [2.45, 2.75) is 96.3 Å². The van der Waals surface area contributed by atoms with E-state index < -0.39 is 31.2 Å². The Balaban J connectivity index is 1.63. The number of nitrogens with zero attached hydrogens (tertiary/aromatic N) is 3.